The predicted molar refractivity (Wildman–Crippen MR) is 109 cm³/mol. The zero-order valence-electron chi connectivity index (χ0n) is 17.0. The summed E-state index contributed by atoms with van der Waals surface area (Å²) in [6.07, 6.45) is 0. The van der Waals surface area contributed by atoms with Gasteiger partial charge in [0.05, 0.1) is 6.54 Å². The molecular weight excluding hydrogens is 392 g/mol. The molecule has 9 nitrogen and oxygen atoms in total. The average Bonchev–Trinajstić information content (AvgIpc) is 3.18. The first-order valence-corrected chi connectivity index (χ1v) is 11.4. The van der Waals surface area contributed by atoms with Crippen LogP contribution in [0.4, 0.5) is 0 Å². The third-order valence-corrected chi connectivity index (χ3v) is 7.61. The van der Waals surface area contributed by atoms with Crippen LogP contribution in [0.25, 0.3) is 11.5 Å². The van der Waals surface area contributed by atoms with Crippen molar-refractivity contribution in [3.8, 4) is 11.5 Å². The molecule has 0 spiro atoms. The molecule has 29 heavy (non-hydrogen) atoms. The summed E-state index contributed by atoms with van der Waals surface area (Å²) in [7, 11) is -1.36. The molecule has 0 N–H and O–H groups in total. The molecule has 0 bridgehead atoms. The first-order valence-electron chi connectivity index (χ1n) is 9.97. The molecule has 10 heteroatoms. The Labute approximate surface area is 172 Å². The maximum atomic E-state index is 12.9. The Morgan fingerprint density at radius 1 is 0.897 bits per heavy atom. The molecule has 2 fully saturated rings. The molecule has 1 aromatic heterocycles. The second-order valence-corrected chi connectivity index (χ2v) is 9.68. The molecule has 0 unspecified atom stereocenters. The summed E-state index contributed by atoms with van der Waals surface area (Å²) in [5, 5.41) is 8.30. The van der Waals surface area contributed by atoms with Gasteiger partial charge in [-0.1, -0.05) is 17.7 Å². The maximum Gasteiger partial charge on any atom is 0.282 e. The summed E-state index contributed by atoms with van der Waals surface area (Å²) in [6, 6.07) is 7.96. The van der Waals surface area contributed by atoms with Gasteiger partial charge in [0.25, 0.3) is 10.2 Å². The fourth-order valence-electron chi connectivity index (χ4n) is 3.62. The normalized spacial score (nSPS) is 20.9. The Morgan fingerprint density at radius 2 is 1.48 bits per heavy atom. The van der Waals surface area contributed by atoms with E-state index in [-0.39, 0.29) is 0 Å². The van der Waals surface area contributed by atoms with Crippen LogP contribution < -0.4 is 0 Å². The molecule has 2 saturated heterocycles. The highest BCUT2D eigenvalue weighted by molar-refractivity contribution is 7.86. The van der Waals surface area contributed by atoms with Crippen molar-refractivity contribution >= 4 is 10.2 Å². The van der Waals surface area contributed by atoms with Gasteiger partial charge in [-0.3, -0.25) is 4.90 Å². The Kier molecular flexibility index (Phi) is 5.98. The maximum absolute atomic E-state index is 12.9. The predicted octanol–water partition coefficient (Wildman–Crippen LogP) is 0.655. The first kappa shape index (κ1) is 20.4. The molecule has 0 saturated carbocycles. The number of piperazine rings is 2. The summed E-state index contributed by atoms with van der Waals surface area (Å²) in [5.41, 5.74) is 2.08. The van der Waals surface area contributed by atoms with E-state index in [1.807, 2.05) is 38.2 Å². The van der Waals surface area contributed by atoms with Crippen molar-refractivity contribution in [2.75, 3.05) is 59.4 Å². The molecule has 0 aliphatic carbocycles. The van der Waals surface area contributed by atoms with Crippen molar-refractivity contribution in [3.05, 3.63) is 35.7 Å². The van der Waals surface area contributed by atoms with Crippen molar-refractivity contribution < 1.29 is 12.8 Å². The van der Waals surface area contributed by atoms with Gasteiger partial charge < -0.3 is 9.32 Å². The summed E-state index contributed by atoms with van der Waals surface area (Å²) in [6.45, 7) is 7.49. The van der Waals surface area contributed by atoms with Crippen molar-refractivity contribution in [2.45, 2.75) is 13.5 Å². The largest absolute Gasteiger partial charge is 0.419 e. The van der Waals surface area contributed by atoms with Crippen LogP contribution in [0, 0.1) is 6.92 Å². The minimum atomic E-state index is -3.38. The zero-order chi connectivity index (χ0) is 20.4. The van der Waals surface area contributed by atoms with Gasteiger partial charge in [0, 0.05) is 57.9 Å². The average molecular weight is 421 g/mol. The quantitative estimate of drug-likeness (QED) is 0.702. The minimum absolute atomic E-state index is 0.480. The van der Waals surface area contributed by atoms with E-state index in [2.05, 4.69) is 20.0 Å². The number of aryl methyl sites for hydroxylation is 1. The van der Waals surface area contributed by atoms with E-state index in [0.29, 0.717) is 57.6 Å². The molecule has 0 amide bonds. The van der Waals surface area contributed by atoms with Crippen LogP contribution >= 0.6 is 0 Å². The van der Waals surface area contributed by atoms with Crippen LogP contribution in [0.1, 0.15) is 11.5 Å². The summed E-state index contributed by atoms with van der Waals surface area (Å²) in [5.74, 6) is 1.06. The van der Waals surface area contributed by atoms with Gasteiger partial charge in [-0.05, 0) is 26.1 Å². The lowest BCUT2D eigenvalue weighted by molar-refractivity contribution is 0.156. The smallest absolute Gasteiger partial charge is 0.282 e. The highest BCUT2D eigenvalue weighted by Crippen LogP contribution is 2.20. The van der Waals surface area contributed by atoms with E-state index < -0.39 is 10.2 Å². The number of rotatable bonds is 5. The minimum Gasteiger partial charge on any atom is -0.419 e. The fraction of sp³-hybridized carbons (Fsp3) is 0.579. The van der Waals surface area contributed by atoms with Gasteiger partial charge in [-0.2, -0.15) is 17.0 Å². The van der Waals surface area contributed by atoms with Crippen LogP contribution in [0.3, 0.4) is 0 Å². The zero-order valence-corrected chi connectivity index (χ0v) is 17.8. The van der Waals surface area contributed by atoms with E-state index in [1.54, 1.807) is 8.61 Å². The summed E-state index contributed by atoms with van der Waals surface area (Å²) >= 11 is 0. The topological polar surface area (TPSA) is 86.0 Å². The molecule has 2 aromatic rings. The summed E-state index contributed by atoms with van der Waals surface area (Å²) < 4.78 is 34.7. The molecule has 0 radical (unpaired) electrons. The lowest BCUT2D eigenvalue weighted by Gasteiger charge is -2.38. The Hall–Kier alpha value is -1.85. The van der Waals surface area contributed by atoms with Gasteiger partial charge in [0.2, 0.25) is 11.8 Å². The number of nitrogens with zero attached hydrogens (tertiary/aromatic N) is 6. The van der Waals surface area contributed by atoms with Crippen molar-refractivity contribution in [3.63, 3.8) is 0 Å². The third-order valence-electron chi connectivity index (χ3n) is 5.57. The lowest BCUT2D eigenvalue weighted by atomic mass is 10.1. The molecule has 158 valence electrons. The number of hydrogen-bond acceptors (Lipinski definition) is 7. The van der Waals surface area contributed by atoms with Crippen LogP contribution in [-0.4, -0.2) is 96.4 Å². The molecule has 3 heterocycles. The van der Waals surface area contributed by atoms with E-state index in [1.165, 1.54) is 5.56 Å². The molecular formula is C19H28N6O3S. The second-order valence-electron chi connectivity index (χ2n) is 7.75. The monoisotopic (exact) mass is 420 g/mol. The van der Waals surface area contributed by atoms with Crippen LogP contribution in [0.15, 0.2) is 28.7 Å². The van der Waals surface area contributed by atoms with Gasteiger partial charge in [-0.15, -0.1) is 10.2 Å². The molecule has 4 rings (SSSR count). The van der Waals surface area contributed by atoms with Crippen LogP contribution in [-0.2, 0) is 16.8 Å². The van der Waals surface area contributed by atoms with Gasteiger partial charge in [-0.25, -0.2) is 0 Å². The van der Waals surface area contributed by atoms with E-state index >= 15 is 0 Å². The highest BCUT2D eigenvalue weighted by atomic mass is 32.2. The third kappa shape index (κ3) is 4.67. The Bertz CT molecular complexity index is 914. The molecule has 1 aromatic carbocycles. The summed E-state index contributed by atoms with van der Waals surface area (Å²) in [4.78, 5) is 4.31. The SMILES string of the molecule is Cc1ccc(-c2nnc(CN3CCN(S(=O)(=O)N4CCN(C)CC4)CC3)o2)cc1. The Morgan fingerprint density at radius 3 is 2.10 bits per heavy atom. The highest BCUT2D eigenvalue weighted by Gasteiger charge is 2.34. The van der Waals surface area contributed by atoms with Crippen molar-refractivity contribution in [1.82, 2.24) is 28.6 Å². The Balaban J connectivity index is 1.32. The van der Waals surface area contributed by atoms with Crippen LogP contribution in [0.5, 0.6) is 0 Å². The van der Waals surface area contributed by atoms with Gasteiger partial charge in [0.1, 0.15) is 0 Å². The fourth-order valence-corrected chi connectivity index (χ4v) is 5.20. The van der Waals surface area contributed by atoms with Crippen molar-refractivity contribution in [2.24, 2.45) is 0 Å². The van der Waals surface area contributed by atoms with Crippen LogP contribution in [0.2, 0.25) is 0 Å². The lowest BCUT2D eigenvalue weighted by Crippen LogP contribution is -2.56. The van der Waals surface area contributed by atoms with Crippen molar-refractivity contribution in [1.29, 1.82) is 0 Å². The van der Waals surface area contributed by atoms with E-state index in [0.717, 1.165) is 18.7 Å². The number of hydrogen-bond donors (Lipinski definition) is 0. The van der Waals surface area contributed by atoms with E-state index in [4.69, 9.17) is 4.42 Å². The number of aromatic nitrogens is 2. The van der Waals surface area contributed by atoms with Gasteiger partial charge >= 0.3 is 0 Å². The second kappa shape index (κ2) is 8.49. The molecule has 2 aliphatic rings. The first-order chi connectivity index (χ1) is 13.9. The van der Waals surface area contributed by atoms with E-state index in [9.17, 15) is 8.42 Å². The van der Waals surface area contributed by atoms with Gasteiger partial charge in [0.15, 0.2) is 0 Å². The molecule has 0 atom stereocenters. The molecule has 2 aliphatic heterocycles. The standard InChI is InChI=1S/C19H28N6O3S/c1-16-3-5-17(6-4-16)19-21-20-18(28-19)15-23-9-13-25(14-10-23)29(26,27)24-11-7-22(2)8-12-24/h3-6H,7-15H2,1-2H3. The number of likely N-dealkylation sites (N-methyl/N-ethyl adjacent to an activating group) is 1. The number of benzene rings is 1.